The first-order valence-corrected chi connectivity index (χ1v) is 6.04. The molecule has 0 radical (unpaired) electrons. The smallest absolute Gasteiger partial charge is 0.241 e. The van der Waals surface area contributed by atoms with E-state index < -0.39 is 0 Å². The van der Waals surface area contributed by atoms with Crippen LogP contribution < -0.4 is 5.32 Å². The number of nitrogens with one attached hydrogen (secondary N) is 1. The van der Waals surface area contributed by atoms with Crippen molar-refractivity contribution in [2.75, 3.05) is 19.8 Å². The molecule has 0 fully saturated rings. The van der Waals surface area contributed by atoms with Crippen LogP contribution in [0.4, 0.5) is 0 Å². The Labute approximate surface area is 103 Å². The molecule has 0 aliphatic rings. The van der Waals surface area contributed by atoms with E-state index in [4.69, 9.17) is 4.74 Å². The van der Waals surface area contributed by atoms with Crippen LogP contribution in [-0.2, 0) is 16.1 Å². The van der Waals surface area contributed by atoms with Gasteiger partial charge in [0.1, 0.15) is 6.54 Å². The number of hydrogen-bond acceptors (Lipinski definition) is 3. The number of nitrogens with zero attached hydrogens (tertiary/aromatic N) is 2. The third kappa shape index (κ3) is 5.27. The predicted molar refractivity (Wildman–Crippen MR) is 64.0 cm³/mol. The van der Waals surface area contributed by atoms with Crippen molar-refractivity contribution in [2.45, 2.75) is 19.9 Å². The molecule has 16 heavy (non-hydrogen) atoms. The van der Waals surface area contributed by atoms with Gasteiger partial charge in [-0.25, -0.2) is 0 Å². The lowest BCUT2D eigenvalue weighted by Gasteiger charge is -2.05. The molecule has 0 aliphatic carbocycles. The van der Waals surface area contributed by atoms with Crippen LogP contribution in [0.2, 0.25) is 0 Å². The van der Waals surface area contributed by atoms with Gasteiger partial charge in [0.25, 0.3) is 0 Å². The molecule has 90 valence electrons. The lowest BCUT2D eigenvalue weighted by atomic mass is 10.4. The van der Waals surface area contributed by atoms with E-state index in [2.05, 4.69) is 26.3 Å². The SMILES string of the molecule is CCOCCCNC(=O)Cn1cc(Br)cn1. The highest BCUT2D eigenvalue weighted by atomic mass is 79.9. The van der Waals surface area contributed by atoms with Gasteiger partial charge < -0.3 is 10.1 Å². The molecule has 0 aliphatic heterocycles. The zero-order valence-corrected chi connectivity index (χ0v) is 10.9. The van der Waals surface area contributed by atoms with Gasteiger partial charge in [0.2, 0.25) is 5.91 Å². The summed E-state index contributed by atoms with van der Waals surface area (Å²) < 4.78 is 7.62. The minimum absolute atomic E-state index is 0.0351. The number of amides is 1. The lowest BCUT2D eigenvalue weighted by Crippen LogP contribution is -2.29. The molecule has 1 amide bonds. The molecule has 1 N–H and O–H groups in total. The van der Waals surface area contributed by atoms with Crippen molar-refractivity contribution in [2.24, 2.45) is 0 Å². The molecule has 0 saturated heterocycles. The normalized spacial score (nSPS) is 10.4. The largest absolute Gasteiger partial charge is 0.382 e. The number of rotatable bonds is 7. The summed E-state index contributed by atoms with van der Waals surface area (Å²) in [5, 5.41) is 6.80. The number of carbonyl (C=O) groups is 1. The van der Waals surface area contributed by atoms with E-state index in [1.165, 1.54) is 0 Å². The minimum Gasteiger partial charge on any atom is -0.382 e. The molecule has 0 aromatic carbocycles. The van der Waals surface area contributed by atoms with E-state index in [1.54, 1.807) is 17.1 Å². The minimum atomic E-state index is -0.0351. The topological polar surface area (TPSA) is 56.1 Å². The monoisotopic (exact) mass is 289 g/mol. The number of halogens is 1. The highest BCUT2D eigenvalue weighted by Crippen LogP contribution is 2.05. The molecule has 0 atom stereocenters. The molecule has 1 aromatic rings. The van der Waals surface area contributed by atoms with Crippen LogP contribution in [0.3, 0.4) is 0 Å². The van der Waals surface area contributed by atoms with Crippen LogP contribution >= 0.6 is 15.9 Å². The van der Waals surface area contributed by atoms with Gasteiger partial charge in [0.05, 0.1) is 10.7 Å². The first-order chi connectivity index (χ1) is 7.72. The van der Waals surface area contributed by atoms with E-state index in [0.717, 1.165) is 17.5 Å². The van der Waals surface area contributed by atoms with E-state index in [1.807, 2.05) is 6.92 Å². The Morgan fingerprint density at radius 2 is 2.50 bits per heavy atom. The predicted octanol–water partition coefficient (Wildman–Crippen LogP) is 1.19. The van der Waals surface area contributed by atoms with Crippen molar-refractivity contribution < 1.29 is 9.53 Å². The summed E-state index contributed by atoms with van der Waals surface area (Å²) in [6.07, 6.45) is 4.25. The van der Waals surface area contributed by atoms with Gasteiger partial charge in [0, 0.05) is 26.0 Å². The summed E-state index contributed by atoms with van der Waals surface area (Å²) in [4.78, 5) is 11.4. The van der Waals surface area contributed by atoms with Crippen molar-refractivity contribution in [1.29, 1.82) is 0 Å². The Morgan fingerprint density at radius 3 is 3.12 bits per heavy atom. The van der Waals surface area contributed by atoms with Crippen LogP contribution in [0.15, 0.2) is 16.9 Å². The Morgan fingerprint density at radius 1 is 1.69 bits per heavy atom. The van der Waals surface area contributed by atoms with Crippen molar-refractivity contribution >= 4 is 21.8 Å². The fourth-order valence-electron chi connectivity index (χ4n) is 1.17. The Balaban J connectivity index is 2.11. The van der Waals surface area contributed by atoms with E-state index in [-0.39, 0.29) is 12.5 Å². The molecular weight excluding hydrogens is 274 g/mol. The van der Waals surface area contributed by atoms with E-state index in [0.29, 0.717) is 13.2 Å². The molecule has 1 rings (SSSR count). The zero-order valence-electron chi connectivity index (χ0n) is 9.28. The van der Waals surface area contributed by atoms with Crippen LogP contribution in [0, 0.1) is 0 Å². The average molecular weight is 290 g/mol. The first kappa shape index (κ1) is 13.2. The maximum atomic E-state index is 11.4. The van der Waals surface area contributed by atoms with Gasteiger partial charge >= 0.3 is 0 Å². The van der Waals surface area contributed by atoms with Gasteiger partial charge in [0.15, 0.2) is 0 Å². The van der Waals surface area contributed by atoms with Crippen LogP contribution in [-0.4, -0.2) is 35.4 Å². The van der Waals surface area contributed by atoms with E-state index in [9.17, 15) is 4.79 Å². The van der Waals surface area contributed by atoms with Gasteiger partial charge in [-0.2, -0.15) is 5.10 Å². The Bertz CT molecular complexity index is 328. The molecule has 6 heteroatoms. The maximum Gasteiger partial charge on any atom is 0.241 e. The van der Waals surface area contributed by atoms with Crippen molar-refractivity contribution in [3.05, 3.63) is 16.9 Å². The highest BCUT2D eigenvalue weighted by molar-refractivity contribution is 9.10. The van der Waals surface area contributed by atoms with Gasteiger partial charge in [-0.15, -0.1) is 0 Å². The molecule has 0 spiro atoms. The second-order valence-electron chi connectivity index (χ2n) is 3.26. The molecule has 0 unspecified atom stereocenters. The number of hydrogen-bond donors (Lipinski definition) is 1. The summed E-state index contributed by atoms with van der Waals surface area (Å²) >= 11 is 3.27. The molecule has 0 saturated carbocycles. The van der Waals surface area contributed by atoms with Crippen LogP contribution in [0.25, 0.3) is 0 Å². The fourth-order valence-corrected chi connectivity index (χ4v) is 1.50. The van der Waals surface area contributed by atoms with Crippen LogP contribution in [0.5, 0.6) is 0 Å². The third-order valence-corrected chi connectivity index (χ3v) is 2.31. The Kier molecular flexibility index (Phi) is 6.10. The molecule has 5 nitrogen and oxygen atoms in total. The average Bonchev–Trinajstić information content (AvgIpc) is 2.63. The maximum absolute atomic E-state index is 11.4. The summed E-state index contributed by atoms with van der Waals surface area (Å²) in [6.45, 7) is 4.25. The fraction of sp³-hybridized carbons (Fsp3) is 0.600. The first-order valence-electron chi connectivity index (χ1n) is 5.24. The van der Waals surface area contributed by atoms with Crippen LogP contribution in [0.1, 0.15) is 13.3 Å². The second kappa shape index (κ2) is 7.40. The van der Waals surface area contributed by atoms with Gasteiger partial charge in [-0.1, -0.05) is 0 Å². The molecule has 1 aromatic heterocycles. The van der Waals surface area contributed by atoms with Crippen molar-refractivity contribution in [3.8, 4) is 0 Å². The summed E-state index contributed by atoms with van der Waals surface area (Å²) in [5.41, 5.74) is 0. The summed E-state index contributed by atoms with van der Waals surface area (Å²) in [7, 11) is 0. The van der Waals surface area contributed by atoms with Crippen molar-refractivity contribution in [1.82, 2.24) is 15.1 Å². The summed E-state index contributed by atoms with van der Waals surface area (Å²) in [5.74, 6) is -0.0351. The third-order valence-electron chi connectivity index (χ3n) is 1.90. The van der Waals surface area contributed by atoms with Gasteiger partial charge in [-0.05, 0) is 29.3 Å². The van der Waals surface area contributed by atoms with E-state index >= 15 is 0 Å². The summed E-state index contributed by atoms with van der Waals surface area (Å²) in [6, 6.07) is 0. The van der Waals surface area contributed by atoms with Gasteiger partial charge in [-0.3, -0.25) is 9.48 Å². The van der Waals surface area contributed by atoms with Crippen molar-refractivity contribution in [3.63, 3.8) is 0 Å². The standard InChI is InChI=1S/C10H16BrN3O2/c1-2-16-5-3-4-12-10(15)8-14-7-9(11)6-13-14/h6-7H,2-5,8H2,1H3,(H,12,15). The quantitative estimate of drug-likeness (QED) is 0.767. The molecule has 1 heterocycles. The molecule has 0 bridgehead atoms. The number of aromatic nitrogens is 2. The molecular formula is C10H16BrN3O2. The lowest BCUT2D eigenvalue weighted by molar-refractivity contribution is -0.121. The Hall–Kier alpha value is -0.880. The highest BCUT2D eigenvalue weighted by Gasteiger charge is 2.02. The number of carbonyl (C=O) groups excluding carboxylic acids is 1. The number of ether oxygens (including phenoxy) is 1. The second-order valence-corrected chi connectivity index (χ2v) is 4.17. The zero-order chi connectivity index (χ0) is 11.8.